The van der Waals surface area contributed by atoms with Crippen molar-refractivity contribution in [3.63, 3.8) is 0 Å². The van der Waals surface area contributed by atoms with Crippen molar-refractivity contribution in [1.29, 1.82) is 0 Å². The molecular formula is C19H20N10. The molecule has 10 heteroatoms. The molecule has 10 nitrogen and oxygen atoms in total. The Bertz CT molecular complexity index is 1150. The number of hydrogen-bond donors (Lipinski definition) is 0. The van der Waals surface area contributed by atoms with Crippen molar-refractivity contribution in [2.45, 2.75) is 39.3 Å². The number of anilines is 1. The number of aromatic nitrogens is 9. The third-order valence-corrected chi connectivity index (χ3v) is 5.01. The van der Waals surface area contributed by atoms with Crippen LogP contribution in [-0.2, 0) is 0 Å². The van der Waals surface area contributed by atoms with Gasteiger partial charge in [-0.15, -0.1) is 10.2 Å². The van der Waals surface area contributed by atoms with E-state index in [1.165, 1.54) is 0 Å². The summed E-state index contributed by atoms with van der Waals surface area (Å²) in [5.74, 6) is 3.38. The van der Waals surface area contributed by atoms with Gasteiger partial charge in [0, 0.05) is 30.8 Å². The van der Waals surface area contributed by atoms with Crippen LogP contribution in [-0.4, -0.2) is 50.3 Å². The molecule has 1 aliphatic heterocycles. The average molecular weight is 388 g/mol. The molecule has 0 N–H and O–H groups in total. The van der Waals surface area contributed by atoms with E-state index >= 15 is 0 Å². The fraction of sp³-hybridized carbons (Fsp3) is 0.316. The largest absolute Gasteiger partial charge is 0.342 e. The first-order valence-electron chi connectivity index (χ1n) is 9.55. The zero-order valence-electron chi connectivity index (χ0n) is 16.4. The van der Waals surface area contributed by atoms with E-state index in [2.05, 4.69) is 55.8 Å². The van der Waals surface area contributed by atoms with Crippen LogP contribution in [0.5, 0.6) is 0 Å². The predicted molar refractivity (Wildman–Crippen MR) is 106 cm³/mol. The van der Waals surface area contributed by atoms with E-state index < -0.39 is 0 Å². The molecule has 1 aliphatic rings. The maximum Gasteiger partial charge on any atom is 0.237 e. The maximum absolute atomic E-state index is 4.93. The summed E-state index contributed by atoms with van der Waals surface area (Å²) in [5.41, 5.74) is 0.866. The first kappa shape index (κ1) is 17.4. The molecule has 4 aromatic heterocycles. The second-order valence-corrected chi connectivity index (χ2v) is 7.06. The molecule has 0 spiro atoms. The van der Waals surface area contributed by atoms with Crippen LogP contribution >= 0.6 is 0 Å². The maximum atomic E-state index is 4.93. The molecule has 0 unspecified atom stereocenters. The minimum Gasteiger partial charge on any atom is -0.342 e. The Morgan fingerprint density at radius 1 is 1.03 bits per heavy atom. The molecule has 0 amide bonds. The molecule has 146 valence electrons. The highest BCUT2D eigenvalue weighted by Gasteiger charge is 2.35. The molecule has 0 saturated carbocycles. The molecule has 5 rings (SSSR count). The van der Waals surface area contributed by atoms with Crippen molar-refractivity contribution in [1.82, 2.24) is 44.3 Å². The topological polar surface area (TPSA) is 103 Å². The summed E-state index contributed by atoms with van der Waals surface area (Å²) in [6.07, 6.45) is 11.3. The summed E-state index contributed by atoms with van der Waals surface area (Å²) in [6, 6.07) is 2.09. The Hall–Kier alpha value is -3.69. The highest BCUT2D eigenvalue weighted by molar-refractivity contribution is 5.63. The Balaban J connectivity index is 1.68. The minimum absolute atomic E-state index is 0.0902. The van der Waals surface area contributed by atoms with Crippen LogP contribution < -0.4 is 4.90 Å². The fourth-order valence-electron chi connectivity index (χ4n) is 3.79. The van der Waals surface area contributed by atoms with Crippen LogP contribution in [0.1, 0.15) is 39.1 Å². The SMILES string of the molecule is CC[C@@H]1c2nncn2-c2cnc(-n3ccnc3-c3ncccn3)nc2N1C(C)C. The van der Waals surface area contributed by atoms with Gasteiger partial charge in [0.15, 0.2) is 23.3 Å². The van der Waals surface area contributed by atoms with Gasteiger partial charge in [-0.3, -0.25) is 9.13 Å². The Morgan fingerprint density at radius 2 is 1.86 bits per heavy atom. The number of rotatable bonds is 4. The normalized spacial score (nSPS) is 15.4. The lowest BCUT2D eigenvalue weighted by Gasteiger charge is -2.39. The number of nitrogens with zero attached hydrogens (tertiary/aromatic N) is 10. The highest BCUT2D eigenvalue weighted by Crippen LogP contribution is 2.39. The van der Waals surface area contributed by atoms with Crippen molar-refractivity contribution in [2.24, 2.45) is 0 Å². The minimum atomic E-state index is 0.0902. The number of hydrogen-bond acceptors (Lipinski definition) is 8. The van der Waals surface area contributed by atoms with Crippen molar-refractivity contribution >= 4 is 5.82 Å². The van der Waals surface area contributed by atoms with Gasteiger partial charge in [0.05, 0.1) is 12.2 Å². The van der Waals surface area contributed by atoms with E-state index in [4.69, 9.17) is 4.98 Å². The van der Waals surface area contributed by atoms with E-state index in [9.17, 15) is 0 Å². The summed E-state index contributed by atoms with van der Waals surface area (Å²) in [4.78, 5) is 24.8. The van der Waals surface area contributed by atoms with Crippen LogP contribution in [0.2, 0.25) is 0 Å². The van der Waals surface area contributed by atoms with E-state index in [-0.39, 0.29) is 12.1 Å². The van der Waals surface area contributed by atoms with Crippen LogP contribution in [0.3, 0.4) is 0 Å². The molecule has 0 aromatic carbocycles. The first-order chi connectivity index (χ1) is 14.2. The van der Waals surface area contributed by atoms with Gasteiger partial charge in [0.25, 0.3) is 0 Å². The van der Waals surface area contributed by atoms with Gasteiger partial charge in [0.1, 0.15) is 12.0 Å². The van der Waals surface area contributed by atoms with Crippen molar-refractivity contribution in [3.8, 4) is 23.3 Å². The van der Waals surface area contributed by atoms with Crippen LogP contribution in [0, 0.1) is 0 Å². The lowest BCUT2D eigenvalue weighted by atomic mass is 10.1. The third-order valence-electron chi connectivity index (χ3n) is 5.01. The third kappa shape index (κ3) is 2.67. The van der Waals surface area contributed by atoms with Crippen LogP contribution in [0.25, 0.3) is 23.3 Å². The van der Waals surface area contributed by atoms with Gasteiger partial charge < -0.3 is 4.90 Å². The van der Waals surface area contributed by atoms with E-state index in [0.717, 1.165) is 23.8 Å². The molecule has 5 heterocycles. The molecule has 0 bridgehead atoms. The van der Waals surface area contributed by atoms with Gasteiger partial charge in [-0.2, -0.15) is 4.98 Å². The summed E-state index contributed by atoms with van der Waals surface area (Å²) < 4.78 is 3.78. The van der Waals surface area contributed by atoms with Crippen LogP contribution in [0.15, 0.2) is 43.4 Å². The van der Waals surface area contributed by atoms with Gasteiger partial charge >= 0.3 is 0 Å². The van der Waals surface area contributed by atoms with Gasteiger partial charge in [-0.05, 0) is 26.3 Å². The quantitative estimate of drug-likeness (QED) is 0.525. The second kappa shape index (κ2) is 6.73. The smallest absolute Gasteiger partial charge is 0.237 e. The number of fused-ring (bicyclic) bond motifs is 3. The van der Waals surface area contributed by atoms with E-state index in [1.54, 1.807) is 41.7 Å². The van der Waals surface area contributed by atoms with E-state index in [0.29, 0.717) is 17.6 Å². The van der Waals surface area contributed by atoms with Gasteiger partial charge in [-0.25, -0.2) is 19.9 Å². The Labute approximate surface area is 167 Å². The zero-order chi connectivity index (χ0) is 20.0. The Kier molecular flexibility index (Phi) is 4.04. The zero-order valence-corrected chi connectivity index (χ0v) is 16.4. The Morgan fingerprint density at radius 3 is 2.62 bits per heavy atom. The second-order valence-electron chi connectivity index (χ2n) is 7.06. The first-order valence-corrected chi connectivity index (χ1v) is 9.55. The molecule has 1 atom stereocenters. The molecule has 0 fully saturated rings. The molecule has 4 aromatic rings. The van der Waals surface area contributed by atoms with Crippen LogP contribution in [0.4, 0.5) is 5.82 Å². The molecule has 0 saturated heterocycles. The van der Waals surface area contributed by atoms with Crippen molar-refractivity contribution < 1.29 is 0 Å². The predicted octanol–water partition coefficient (Wildman–Crippen LogP) is 2.38. The summed E-state index contributed by atoms with van der Waals surface area (Å²) in [6.45, 7) is 6.45. The molecule has 0 radical (unpaired) electrons. The van der Waals surface area contributed by atoms with E-state index in [1.807, 2.05) is 10.8 Å². The highest BCUT2D eigenvalue weighted by atomic mass is 15.4. The van der Waals surface area contributed by atoms with Crippen molar-refractivity contribution in [3.05, 3.63) is 49.2 Å². The lowest BCUT2D eigenvalue weighted by Crippen LogP contribution is -2.40. The van der Waals surface area contributed by atoms with Gasteiger partial charge in [-0.1, -0.05) is 6.92 Å². The average Bonchev–Trinajstić information content (AvgIpc) is 3.42. The van der Waals surface area contributed by atoms with Gasteiger partial charge in [0.2, 0.25) is 5.95 Å². The summed E-state index contributed by atoms with van der Waals surface area (Å²) in [5, 5.41) is 8.47. The standard InChI is InChI=1S/C19H20N10/c1-4-13-17-26-24-11-28(17)14-10-23-19(25-16(14)29(13)12(2)3)27-9-8-22-18(27)15-20-6-5-7-21-15/h5-13H,4H2,1-3H3/t13-/m1/s1. The molecule has 29 heavy (non-hydrogen) atoms. The monoisotopic (exact) mass is 388 g/mol. The summed E-state index contributed by atoms with van der Waals surface area (Å²) in [7, 11) is 0. The molecule has 0 aliphatic carbocycles. The number of imidazole rings is 1. The fourth-order valence-corrected chi connectivity index (χ4v) is 3.79. The summed E-state index contributed by atoms with van der Waals surface area (Å²) >= 11 is 0. The van der Waals surface area contributed by atoms with Crippen molar-refractivity contribution in [2.75, 3.05) is 4.90 Å². The lowest BCUT2D eigenvalue weighted by molar-refractivity contribution is 0.497. The molecular weight excluding hydrogens is 368 g/mol.